The Labute approximate surface area is 169 Å². The van der Waals surface area contributed by atoms with E-state index < -0.39 is 11.7 Å². The van der Waals surface area contributed by atoms with E-state index in [1.807, 2.05) is 4.90 Å². The van der Waals surface area contributed by atoms with Gasteiger partial charge in [0, 0.05) is 26.7 Å². The Morgan fingerprint density at radius 2 is 1.97 bits per heavy atom. The molecule has 0 bridgehead atoms. The second-order valence-corrected chi connectivity index (χ2v) is 7.17. The van der Waals surface area contributed by atoms with Crippen molar-refractivity contribution in [2.75, 3.05) is 27.2 Å². The number of benzene rings is 1. The van der Waals surface area contributed by atoms with Crippen LogP contribution in [0.15, 0.2) is 23.2 Å². The van der Waals surface area contributed by atoms with Gasteiger partial charge < -0.3 is 19.7 Å². The van der Waals surface area contributed by atoms with Gasteiger partial charge in [-0.05, 0) is 44.4 Å². The molecule has 0 aliphatic carbocycles. The van der Waals surface area contributed by atoms with Crippen molar-refractivity contribution in [3.63, 3.8) is 0 Å². The van der Waals surface area contributed by atoms with Gasteiger partial charge in [-0.3, -0.25) is 9.79 Å². The lowest BCUT2D eigenvalue weighted by Gasteiger charge is -2.33. The van der Waals surface area contributed by atoms with Crippen molar-refractivity contribution < 1.29 is 27.4 Å². The van der Waals surface area contributed by atoms with Crippen LogP contribution in [0, 0.1) is 5.92 Å². The van der Waals surface area contributed by atoms with E-state index in [2.05, 4.69) is 10.3 Å². The number of nitrogens with zero attached hydrogens (tertiary/aromatic N) is 2. The molecule has 1 heterocycles. The molecule has 1 aromatic carbocycles. The zero-order chi connectivity index (χ0) is 21.6. The molecule has 1 saturated heterocycles. The van der Waals surface area contributed by atoms with Crippen molar-refractivity contribution in [3.05, 3.63) is 29.3 Å². The zero-order valence-electron chi connectivity index (χ0n) is 17.2. The topological polar surface area (TPSA) is 63.2 Å². The number of esters is 1. The second kappa shape index (κ2) is 9.84. The molecule has 1 aromatic rings. The molecule has 9 heteroatoms. The Bertz CT molecular complexity index is 727. The molecule has 1 aliphatic heterocycles. The summed E-state index contributed by atoms with van der Waals surface area (Å²) in [5, 5.41) is 3.01. The van der Waals surface area contributed by atoms with Gasteiger partial charge in [0.05, 0.1) is 24.7 Å². The lowest BCUT2D eigenvalue weighted by molar-refractivity contribution is -0.146. The molecule has 1 fully saturated rings. The maximum Gasteiger partial charge on any atom is 0.416 e. The summed E-state index contributed by atoms with van der Waals surface area (Å²) >= 11 is 0. The fourth-order valence-electron chi connectivity index (χ4n) is 3.32. The number of carbonyl (C=O) groups excluding carboxylic acids is 1. The van der Waals surface area contributed by atoms with Gasteiger partial charge in [-0.2, -0.15) is 13.2 Å². The molecule has 1 aliphatic rings. The van der Waals surface area contributed by atoms with Crippen LogP contribution < -0.4 is 10.1 Å². The summed E-state index contributed by atoms with van der Waals surface area (Å²) in [6.45, 7) is 4.64. The van der Waals surface area contributed by atoms with Gasteiger partial charge in [-0.15, -0.1) is 0 Å². The highest BCUT2D eigenvalue weighted by atomic mass is 19.4. The van der Waals surface area contributed by atoms with E-state index in [9.17, 15) is 18.0 Å². The van der Waals surface area contributed by atoms with Crippen LogP contribution in [0.4, 0.5) is 13.2 Å². The normalized spacial score (nSPS) is 16.1. The number of ether oxygens (including phenoxy) is 2. The number of carbonyl (C=O) groups is 1. The molecule has 1 N–H and O–H groups in total. The summed E-state index contributed by atoms with van der Waals surface area (Å²) in [5.41, 5.74) is -0.623. The smallest absolute Gasteiger partial charge is 0.416 e. The molecular weight excluding hydrogens is 387 g/mol. The van der Waals surface area contributed by atoms with E-state index in [1.54, 1.807) is 20.9 Å². The molecule has 0 spiro atoms. The molecule has 0 radical (unpaired) electrons. The Balaban J connectivity index is 2.06. The third kappa shape index (κ3) is 6.27. The first kappa shape index (κ1) is 22.8. The number of hydrogen-bond donors (Lipinski definition) is 1. The summed E-state index contributed by atoms with van der Waals surface area (Å²) in [6, 6.07) is 3.99. The number of methoxy groups -OCH3 is 1. The SMILES string of the molecule is CN=C(NCc1ccc(OC(C)C)cc1C(F)(F)F)N1CCC(C(=O)OC)CC1. The van der Waals surface area contributed by atoms with E-state index >= 15 is 0 Å². The van der Waals surface area contributed by atoms with Gasteiger partial charge in [0.2, 0.25) is 0 Å². The monoisotopic (exact) mass is 415 g/mol. The number of alkyl halides is 3. The van der Waals surface area contributed by atoms with E-state index in [4.69, 9.17) is 9.47 Å². The van der Waals surface area contributed by atoms with Crippen molar-refractivity contribution >= 4 is 11.9 Å². The number of hydrogen-bond acceptors (Lipinski definition) is 4. The first-order valence-corrected chi connectivity index (χ1v) is 9.56. The van der Waals surface area contributed by atoms with Crippen molar-refractivity contribution in [1.29, 1.82) is 0 Å². The Hall–Kier alpha value is -2.45. The first-order chi connectivity index (χ1) is 13.7. The minimum absolute atomic E-state index is 0.0274. The summed E-state index contributed by atoms with van der Waals surface area (Å²) in [5.74, 6) is 0.306. The van der Waals surface area contributed by atoms with Gasteiger partial charge in [-0.1, -0.05) is 6.07 Å². The minimum Gasteiger partial charge on any atom is -0.491 e. The Morgan fingerprint density at radius 1 is 1.31 bits per heavy atom. The summed E-state index contributed by atoms with van der Waals surface area (Å²) in [7, 11) is 2.95. The van der Waals surface area contributed by atoms with E-state index in [-0.39, 0.29) is 35.8 Å². The third-order valence-corrected chi connectivity index (χ3v) is 4.74. The predicted octanol–water partition coefficient (Wildman–Crippen LogP) is 3.45. The van der Waals surface area contributed by atoms with Crippen molar-refractivity contribution in [1.82, 2.24) is 10.2 Å². The summed E-state index contributed by atoms with van der Waals surface area (Å²) < 4.78 is 50.7. The predicted molar refractivity (Wildman–Crippen MR) is 104 cm³/mol. The first-order valence-electron chi connectivity index (χ1n) is 9.56. The van der Waals surface area contributed by atoms with Crippen LogP contribution in [0.3, 0.4) is 0 Å². The van der Waals surface area contributed by atoms with Crippen molar-refractivity contribution in [2.45, 2.75) is 45.5 Å². The number of aliphatic imine (C=N–C) groups is 1. The lowest BCUT2D eigenvalue weighted by Crippen LogP contribution is -2.46. The Kier molecular flexibility index (Phi) is 7.75. The fraction of sp³-hybridized carbons (Fsp3) is 0.600. The molecule has 0 aromatic heterocycles. The van der Waals surface area contributed by atoms with Crippen LogP contribution in [-0.2, 0) is 22.3 Å². The van der Waals surface area contributed by atoms with E-state index in [0.29, 0.717) is 31.9 Å². The standard InChI is InChI=1S/C20H28F3N3O3/c1-13(2)29-16-6-5-15(17(11-16)20(21,22)23)12-25-19(24-3)26-9-7-14(8-10-26)18(27)28-4/h5-6,11,13-14H,7-10,12H2,1-4H3,(H,24,25). The molecule has 162 valence electrons. The second-order valence-electron chi connectivity index (χ2n) is 7.17. The molecule has 0 saturated carbocycles. The highest BCUT2D eigenvalue weighted by molar-refractivity contribution is 5.80. The van der Waals surface area contributed by atoms with Crippen LogP contribution in [0.2, 0.25) is 0 Å². The van der Waals surface area contributed by atoms with Gasteiger partial charge in [0.15, 0.2) is 5.96 Å². The number of nitrogens with one attached hydrogen (secondary N) is 1. The van der Waals surface area contributed by atoms with Gasteiger partial charge >= 0.3 is 12.1 Å². The van der Waals surface area contributed by atoms with Crippen molar-refractivity contribution in [2.24, 2.45) is 10.9 Å². The molecule has 29 heavy (non-hydrogen) atoms. The minimum atomic E-state index is -4.49. The lowest BCUT2D eigenvalue weighted by atomic mass is 9.97. The molecular formula is C20H28F3N3O3. The zero-order valence-corrected chi connectivity index (χ0v) is 17.2. The quantitative estimate of drug-likeness (QED) is 0.453. The highest BCUT2D eigenvalue weighted by Gasteiger charge is 2.34. The third-order valence-electron chi connectivity index (χ3n) is 4.74. The van der Waals surface area contributed by atoms with Crippen LogP contribution in [-0.4, -0.2) is 50.2 Å². The average Bonchev–Trinajstić information content (AvgIpc) is 2.68. The van der Waals surface area contributed by atoms with Gasteiger partial charge in [0.1, 0.15) is 5.75 Å². The van der Waals surface area contributed by atoms with Crippen LogP contribution >= 0.6 is 0 Å². The number of rotatable bonds is 5. The number of likely N-dealkylation sites (tertiary alicyclic amines) is 1. The van der Waals surface area contributed by atoms with Crippen LogP contribution in [0.1, 0.15) is 37.8 Å². The molecule has 2 rings (SSSR count). The fourth-order valence-corrected chi connectivity index (χ4v) is 3.32. The molecule has 0 unspecified atom stereocenters. The maximum absolute atomic E-state index is 13.5. The Morgan fingerprint density at radius 3 is 2.48 bits per heavy atom. The average molecular weight is 415 g/mol. The van der Waals surface area contributed by atoms with E-state index in [1.165, 1.54) is 19.2 Å². The van der Waals surface area contributed by atoms with Gasteiger partial charge in [-0.25, -0.2) is 0 Å². The summed E-state index contributed by atoms with van der Waals surface area (Å²) in [4.78, 5) is 17.8. The van der Waals surface area contributed by atoms with Crippen molar-refractivity contribution in [3.8, 4) is 5.75 Å². The number of piperidine rings is 1. The number of halogens is 3. The number of guanidine groups is 1. The highest BCUT2D eigenvalue weighted by Crippen LogP contribution is 2.34. The van der Waals surface area contributed by atoms with Crippen LogP contribution in [0.25, 0.3) is 0 Å². The molecule has 6 nitrogen and oxygen atoms in total. The van der Waals surface area contributed by atoms with Gasteiger partial charge in [0.25, 0.3) is 0 Å². The molecule has 0 amide bonds. The van der Waals surface area contributed by atoms with E-state index in [0.717, 1.165) is 6.07 Å². The van der Waals surface area contributed by atoms with Crippen LogP contribution in [0.5, 0.6) is 5.75 Å². The summed E-state index contributed by atoms with van der Waals surface area (Å²) in [6.07, 6.45) is -3.48. The maximum atomic E-state index is 13.5. The largest absolute Gasteiger partial charge is 0.491 e. The molecule has 0 atom stereocenters.